The average Bonchev–Trinajstić information content (AvgIpc) is 2.60. The van der Waals surface area contributed by atoms with Gasteiger partial charge < -0.3 is 14.9 Å². The van der Waals surface area contributed by atoms with Crippen LogP contribution < -0.4 is 0 Å². The number of ether oxygens (including phenoxy) is 1. The van der Waals surface area contributed by atoms with Crippen LogP contribution in [-0.2, 0) is 14.9 Å². The van der Waals surface area contributed by atoms with Gasteiger partial charge >= 0.3 is 5.97 Å². The van der Waals surface area contributed by atoms with Crippen LogP contribution in [0.5, 0.6) is 0 Å². The lowest BCUT2D eigenvalue weighted by molar-refractivity contribution is -0.0201. The van der Waals surface area contributed by atoms with Crippen molar-refractivity contribution in [2.45, 2.75) is 24.0 Å². The summed E-state index contributed by atoms with van der Waals surface area (Å²) in [6.07, 6.45) is -1.95. The first kappa shape index (κ1) is 20.8. The molecule has 0 fully saturated rings. The summed E-state index contributed by atoms with van der Waals surface area (Å²) in [5.74, 6) is -0.504. The van der Waals surface area contributed by atoms with Gasteiger partial charge in [0.05, 0.1) is 16.6 Å². The highest BCUT2D eigenvalue weighted by molar-refractivity contribution is 7.85. The fourth-order valence-corrected chi connectivity index (χ4v) is 2.05. The van der Waals surface area contributed by atoms with Crippen molar-refractivity contribution in [2.75, 3.05) is 6.61 Å². The molecule has 0 heterocycles. The van der Waals surface area contributed by atoms with Gasteiger partial charge in [0, 0.05) is 0 Å². The Morgan fingerprint density at radius 3 is 1.88 bits per heavy atom. The fourth-order valence-electron chi connectivity index (χ4n) is 1.55. The number of aliphatic hydroxyl groups is 2. The van der Waals surface area contributed by atoms with E-state index in [0.29, 0.717) is 5.56 Å². The van der Waals surface area contributed by atoms with E-state index in [1.807, 2.05) is 0 Å². The molecule has 25 heavy (non-hydrogen) atoms. The summed E-state index contributed by atoms with van der Waals surface area (Å²) in [5.41, 5.74) is 0.426. The van der Waals surface area contributed by atoms with E-state index in [1.54, 1.807) is 48.5 Å². The summed E-state index contributed by atoms with van der Waals surface area (Å²) in [7, 11) is -4.00. The van der Waals surface area contributed by atoms with Crippen LogP contribution in [0.25, 0.3) is 0 Å². The molecule has 2 aromatic rings. The van der Waals surface area contributed by atoms with Crippen LogP contribution >= 0.6 is 0 Å². The molecule has 2 rings (SSSR count). The van der Waals surface area contributed by atoms with Crippen molar-refractivity contribution in [3.63, 3.8) is 0 Å². The molecular formula is C17H20O7S. The molecule has 0 aliphatic heterocycles. The lowest BCUT2D eigenvalue weighted by atomic mass is 10.2. The summed E-state index contributed by atoms with van der Waals surface area (Å²) in [6.45, 7) is 1.23. The van der Waals surface area contributed by atoms with E-state index in [4.69, 9.17) is 14.4 Å². The minimum absolute atomic E-state index is 0.0741. The van der Waals surface area contributed by atoms with Crippen LogP contribution in [0.2, 0.25) is 0 Å². The van der Waals surface area contributed by atoms with Gasteiger partial charge in [-0.25, -0.2) is 4.79 Å². The number of carbonyl (C=O) groups excluding carboxylic acids is 1. The van der Waals surface area contributed by atoms with Crippen molar-refractivity contribution < 1.29 is 32.7 Å². The lowest BCUT2D eigenvalue weighted by Gasteiger charge is -2.13. The van der Waals surface area contributed by atoms with E-state index in [9.17, 15) is 18.3 Å². The maximum atomic E-state index is 11.4. The Hall–Kier alpha value is -2.26. The zero-order valence-corrected chi connectivity index (χ0v) is 14.3. The quantitative estimate of drug-likeness (QED) is 0.540. The smallest absolute Gasteiger partial charge is 0.338 e. The first-order chi connectivity index (χ1) is 11.7. The van der Waals surface area contributed by atoms with Crippen LogP contribution in [0, 0.1) is 0 Å². The topological polar surface area (TPSA) is 121 Å². The van der Waals surface area contributed by atoms with Gasteiger partial charge in [0.1, 0.15) is 12.7 Å². The number of hydrogen-bond acceptors (Lipinski definition) is 6. The van der Waals surface area contributed by atoms with Gasteiger partial charge in [0.2, 0.25) is 0 Å². The number of esters is 1. The number of rotatable bonds is 5. The molecule has 0 saturated heterocycles. The molecule has 136 valence electrons. The third-order valence-electron chi connectivity index (χ3n) is 2.99. The predicted molar refractivity (Wildman–Crippen MR) is 90.7 cm³/mol. The predicted octanol–water partition coefficient (Wildman–Crippen LogP) is 1.52. The van der Waals surface area contributed by atoms with Gasteiger partial charge in [0.15, 0.2) is 0 Å². The second kappa shape index (κ2) is 9.90. The second-order valence-corrected chi connectivity index (χ2v) is 6.48. The van der Waals surface area contributed by atoms with Gasteiger partial charge in [-0.15, -0.1) is 0 Å². The Bertz CT molecular complexity index is 743. The molecule has 0 spiro atoms. The fraction of sp³-hybridized carbons (Fsp3) is 0.235. The van der Waals surface area contributed by atoms with Gasteiger partial charge in [-0.05, 0) is 31.2 Å². The molecular weight excluding hydrogens is 348 g/mol. The Kier molecular flexibility index (Phi) is 8.23. The van der Waals surface area contributed by atoms with Crippen molar-refractivity contribution in [1.29, 1.82) is 0 Å². The van der Waals surface area contributed by atoms with Crippen LogP contribution in [0.4, 0.5) is 0 Å². The molecule has 8 heteroatoms. The third kappa shape index (κ3) is 7.90. The zero-order chi connectivity index (χ0) is 18.9. The summed E-state index contributed by atoms with van der Waals surface area (Å²) in [6, 6.07) is 15.9. The molecule has 0 aliphatic rings. The van der Waals surface area contributed by atoms with E-state index in [2.05, 4.69) is 0 Å². The highest BCUT2D eigenvalue weighted by Crippen LogP contribution is 2.05. The Labute approximate surface area is 146 Å². The minimum atomic E-state index is -4.00. The van der Waals surface area contributed by atoms with Crippen LogP contribution in [0.1, 0.15) is 17.3 Å². The molecule has 2 unspecified atom stereocenters. The van der Waals surface area contributed by atoms with Crippen molar-refractivity contribution in [2.24, 2.45) is 0 Å². The Balaban J connectivity index is 0.000000271. The van der Waals surface area contributed by atoms with E-state index in [1.165, 1.54) is 19.1 Å². The van der Waals surface area contributed by atoms with E-state index in [-0.39, 0.29) is 11.5 Å². The van der Waals surface area contributed by atoms with E-state index in [0.717, 1.165) is 0 Å². The number of hydrogen-bond donors (Lipinski definition) is 3. The number of aliphatic hydroxyl groups excluding tert-OH is 2. The lowest BCUT2D eigenvalue weighted by Crippen LogP contribution is -2.29. The van der Waals surface area contributed by atoms with Crippen LogP contribution in [0.15, 0.2) is 65.6 Å². The normalized spacial score (nSPS) is 13.1. The van der Waals surface area contributed by atoms with Gasteiger partial charge in [-0.2, -0.15) is 8.42 Å². The Morgan fingerprint density at radius 2 is 1.48 bits per heavy atom. The maximum Gasteiger partial charge on any atom is 0.338 e. The molecule has 2 aromatic carbocycles. The summed E-state index contributed by atoms with van der Waals surface area (Å²) in [4.78, 5) is 11.3. The van der Waals surface area contributed by atoms with Crippen molar-refractivity contribution in [3.8, 4) is 0 Å². The largest absolute Gasteiger partial charge is 0.459 e. The molecule has 0 amide bonds. The molecule has 2 atom stereocenters. The first-order valence-electron chi connectivity index (χ1n) is 7.32. The summed E-state index contributed by atoms with van der Waals surface area (Å²) >= 11 is 0. The van der Waals surface area contributed by atoms with Gasteiger partial charge in [-0.3, -0.25) is 4.55 Å². The van der Waals surface area contributed by atoms with Gasteiger partial charge in [-0.1, -0.05) is 36.4 Å². The molecule has 0 aliphatic carbocycles. The van der Waals surface area contributed by atoms with Crippen molar-refractivity contribution in [1.82, 2.24) is 0 Å². The molecule has 0 aromatic heterocycles. The van der Waals surface area contributed by atoms with Crippen molar-refractivity contribution in [3.05, 3.63) is 66.2 Å². The summed E-state index contributed by atoms with van der Waals surface area (Å²) in [5, 5.41) is 18.2. The monoisotopic (exact) mass is 368 g/mol. The highest BCUT2D eigenvalue weighted by Gasteiger charge is 2.14. The molecule has 0 saturated carbocycles. The highest BCUT2D eigenvalue weighted by atomic mass is 32.2. The molecule has 0 bridgehead atoms. The first-order valence-corrected chi connectivity index (χ1v) is 8.76. The standard InChI is InChI=1S/C11H14O4.C6H6O3S/c1-8(12)10(13)7-15-11(14)9-5-3-2-4-6-9;7-10(8,9)6-4-2-1-3-5-6/h2-6,8,10,12-13H,7H2,1H3;1-5H,(H,7,8,9). The summed E-state index contributed by atoms with van der Waals surface area (Å²) < 4.78 is 34.0. The second-order valence-electron chi connectivity index (χ2n) is 5.06. The molecule has 7 nitrogen and oxygen atoms in total. The van der Waals surface area contributed by atoms with Crippen LogP contribution in [-0.4, -0.2) is 48.0 Å². The maximum absolute atomic E-state index is 11.4. The van der Waals surface area contributed by atoms with E-state index < -0.39 is 28.3 Å². The van der Waals surface area contributed by atoms with E-state index >= 15 is 0 Å². The number of benzene rings is 2. The van der Waals surface area contributed by atoms with Gasteiger partial charge in [0.25, 0.3) is 10.1 Å². The zero-order valence-electron chi connectivity index (χ0n) is 13.5. The molecule has 3 N–H and O–H groups in total. The SMILES string of the molecule is CC(O)C(O)COC(=O)c1ccccc1.O=S(=O)(O)c1ccccc1. The molecule has 0 radical (unpaired) electrons. The number of carbonyl (C=O) groups is 1. The Morgan fingerprint density at radius 1 is 1.00 bits per heavy atom. The minimum Gasteiger partial charge on any atom is -0.459 e. The van der Waals surface area contributed by atoms with Crippen molar-refractivity contribution >= 4 is 16.1 Å². The third-order valence-corrected chi connectivity index (χ3v) is 3.86. The van der Waals surface area contributed by atoms with Crippen LogP contribution in [0.3, 0.4) is 0 Å². The average molecular weight is 368 g/mol.